The van der Waals surface area contributed by atoms with Gasteiger partial charge in [0.25, 0.3) is 0 Å². The second kappa shape index (κ2) is 5.75. The van der Waals surface area contributed by atoms with Crippen molar-refractivity contribution in [2.75, 3.05) is 11.4 Å². The van der Waals surface area contributed by atoms with Gasteiger partial charge in [0.1, 0.15) is 6.54 Å². The van der Waals surface area contributed by atoms with Gasteiger partial charge < -0.3 is 10.2 Å². The molecule has 0 radical (unpaired) electrons. The molecule has 21 heavy (non-hydrogen) atoms. The van der Waals surface area contributed by atoms with E-state index in [1.807, 2.05) is 0 Å². The zero-order valence-electron chi connectivity index (χ0n) is 11.4. The van der Waals surface area contributed by atoms with Crippen LogP contribution in [0.2, 0.25) is 0 Å². The average molecular weight is 300 g/mol. The maximum Gasteiger partial charge on any atom is 0.416 e. The smallest absolute Gasteiger partial charge is 0.352 e. The van der Waals surface area contributed by atoms with Gasteiger partial charge in [-0.05, 0) is 37.1 Å². The Bertz CT molecular complexity index is 536. The molecule has 0 spiro atoms. The molecule has 4 nitrogen and oxygen atoms in total. The first-order chi connectivity index (χ1) is 9.77. The lowest BCUT2D eigenvalue weighted by atomic mass is 10.2. The Balaban J connectivity index is 2.10. The van der Waals surface area contributed by atoms with E-state index in [1.54, 1.807) is 0 Å². The molecule has 2 rings (SSSR count). The molecule has 114 valence electrons. The number of anilines is 1. The highest BCUT2D eigenvalue weighted by Crippen LogP contribution is 2.30. The van der Waals surface area contributed by atoms with E-state index in [0.29, 0.717) is 0 Å². The summed E-state index contributed by atoms with van der Waals surface area (Å²) in [6, 6.07) is 4.33. The second-order valence-electron chi connectivity index (χ2n) is 4.99. The van der Waals surface area contributed by atoms with Crippen LogP contribution in [0.4, 0.5) is 18.9 Å². The number of benzene rings is 1. The third-order valence-electron chi connectivity index (χ3n) is 3.13. The second-order valence-corrected chi connectivity index (χ2v) is 4.99. The Morgan fingerprint density at radius 1 is 1.24 bits per heavy atom. The summed E-state index contributed by atoms with van der Waals surface area (Å²) in [6.45, 7) is 1.07. The summed E-state index contributed by atoms with van der Waals surface area (Å²) >= 11 is 0. The molecule has 0 aromatic heterocycles. The average Bonchev–Trinajstić information content (AvgIpc) is 3.18. The third kappa shape index (κ3) is 4.21. The largest absolute Gasteiger partial charge is 0.416 e. The lowest BCUT2D eigenvalue weighted by molar-refractivity contribution is -0.137. The monoisotopic (exact) mass is 300 g/mol. The number of halogens is 3. The van der Waals surface area contributed by atoms with Crippen LogP contribution >= 0.6 is 0 Å². The number of amides is 2. The van der Waals surface area contributed by atoms with Gasteiger partial charge in [-0.2, -0.15) is 13.2 Å². The molecule has 1 aliphatic carbocycles. The van der Waals surface area contributed by atoms with Gasteiger partial charge in [-0.3, -0.25) is 9.59 Å². The zero-order valence-corrected chi connectivity index (χ0v) is 11.4. The molecule has 0 aliphatic heterocycles. The van der Waals surface area contributed by atoms with Crippen LogP contribution in [-0.4, -0.2) is 24.4 Å². The van der Waals surface area contributed by atoms with Crippen LogP contribution in [0.5, 0.6) is 0 Å². The first kappa shape index (κ1) is 15.3. The van der Waals surface area contributed by atoms with Crippen LogP contribution in [0.15, 0.2) is 24.3 Å². The number of hydrogen-bond acceptors (Lipinski definition) is 2. The third-order valence-corrected chi connectivity index (χ3v) is 3.13. The summed E-state index contributed by atoms with van der Waals surface area (Å²) in [7, 11) is 0. The van der Waals surface area contributed by atoms with E-state index in [1.165, 1.54) is 19.1 Å². The molecule has 0 bridgehead atoms. The van der Waals surface area contributed by atoms with Gasteiger partial charge in [0.2, 0.25) is 11.8 Å². The number of hydrogen-bond donors (Lipinski definition) is 1. The van der Waals surface area contributed by atoms with E-state index in [2.05, 4.69) is 5.32 Å². The molecule has 1 aromatic carbocycles. The predicted molar refractivity (Wildman–Crippen MR) is 70.6 cm³/mol. The summed E-state index contributed by atoms with van der Waals surface area (Å²) in [6.07, 6.45) is -2.58. The molecule has 2 amide bonds. The Hall–Kier alpha value is -2.05. The first-order valence-corrected chi connectivity index (χ1v) is 6.52. The van der Waals surface area contributed by atoms with Crippen molar-refractivity contribution in [2.45, 2.75) is 32.0 Å². The minimum Gasteiger partial charge on any atom is -0.352 e. The molecule has 1 N–H and O–H groups in total. The molecule has 1 saturated carbocycles. The van der Waals surface area contributed by atoms with Gasteiger partial charge in [0.05, 0.1) is 5.56 Å². The molecular formula is C14H15F3N2O2. The molecule has 0 heterocycles. The Labute approximate surface area is 119 Å². The molecular weight excluding hydrogens is 285 g/mol. The topological polar surface area (TPSA) is 49.4 Å². The van der Waals surface area contributed by atoms with Gasteiger partial charge in [0.15, 0.2) is 0 Å². The highest BCUT2D eigenvalue weighted by atomic mass is 19.4. The van der Waals surface area contributed by atoms with Crippen molar-refractivity contribution in [2.24, 2.45) is 0 Å². The molecule has 0 saturated heterocycles. The summed E-state index contributed by atoms with van der Waals surface area (Å²) in [4.78, 5) is 24.5. The van der Waals surface area contributed by atoms with E-state index >= 15 is 0 Å². The fraction of sp³-hybridized carbons (Fsp3) is 0.429. The summed E-state index contributed by atoms with van der Waals surface area (Å²) < 4.78 is 37.5. The number of nitrogens with zero attached hydrogens (tertiary/aromatic N) is 1. The minimum atomic E-state index is -4.43. The van der Waals surface area contributed by atoms with Crippen LogP contribution in [0.25, 0.3) is 0 Å². The first-order valence-electron chi connectivity index (χ1n) is 6.52. The Morgan fingerprint density at radius 2 is 1.81 bits per heavy atom. The molecule has 0 atom stereocenters. The van der Waals surface area contributed by atoms with E-state index in [4.69, 9.17) is 0 Å². The quantitative estimate of drug-likeness (QED) is 0.928. The van der Waals surface area contributed by atoms with Crippen molar-refractivity contribution in [1.29, 1.82) is 0 Å². The maximum atomic E-state index is 12.5. The van der Waals surface area contributed by atoms with Crippen LogP contribution in [0.3, 0.4) is 0 Å². The fourth-order valence-corrected chi connectivity index (χ4v) is 1.86. The van der Waals surface area contributed by atoms with Crippen LogP contribution in [0.1, 0.15) is 25.3 Å². The van der Waals surface area contributed by atoms with Crippen molar-refractivity contribution in [3.63, 3.8) is 0 Å². The van der Waals surface area contributed by atoms with Gasteiger partial charge in [-0.15, -0.1) is 0 Å². The summed E-state index contributed by atoms with van der Waals surface area (Å²) in [5.74, 6) is -0.715. The van der Waals surface area contributed by atoms with Crippen LogP contribution in [0, 0.1) is 0 Å². The number of carbonyl (C=O) groups is 2. The van der Waals surface area contributed by atoms with E-state index < -0.39 is 17.6 Å². The van der Waals surface area contributed by atoms with Gasteiger partial charge in [-0.1, -0.05) is 0 Å². The number of rotatable bonds is 4. The van der Waals surface area contributed by atoms with Crippen molar-refractivity contribution in [3.05, 3.63) is 29.8 Å². The standard InChI is InChI=1S/C14H15F3N2O2/c1-9(20)19(8-13(21)18-11-4-5-11)12-6-2-10(3-7-12)14(15,16)17/h2-3,6-7,11H,4-5,8H2,1H3,(H,18,21). The summed E-state index contributed by atoms with van der Waals surface area (Å²) in [5, 5.41) is 2.73. The lowest BCUT2D eigenvalue weighted by Gasteiger charge is -2.21. The number of alkyl halides is 3. The Kier molecular flexibility index (Phi) is 4.20. The van der Waals surface area contributed by atoms with Crippen LogP contribution < -0.4 is 10.2 Å². The normalized spacial score (nSPS) is 14.7. The highest BCUT2D eigenvalue weighted by Gasteiger charge is 2.30. The Morgan fingerprint density at radius 3 is 2.24 bits per heavy atom. The predicted octanol–water partition coefficient (Wildman–Crippen LogP) is 2.34. The van der Waals surface area contributed by atoms with Crippen molar-refractivity contribution in [1.82, 2.24) is 5.32 Å². The summed E-state index contributed by atoms with van der Waals surface area (Å²) in [5.41, 5.74) is -0.529. The molecule has 1 aliphatic rings. The van der Waals surface area contributed by atoms with Gasteiger partial charge >= 0.3 is 6.18 Å². The number of nitrogens with one attached hydrogen (secondary N) is 1. The lowest BCUT2D eigenvalue weighted by Crippen LogP contribution is -2.40. The highest BCUT2D eigenvalue weighted by molar-refractivity contribution is 5.97. The van der Waals surface area contributed by atoms with Gasteiger partial charge in [-0.25, -0.2) is 0 Å². The van der Waals surface area contributed by atoms with Crippen molar-refractivity contribution in [3.8, 4) is 0 Å². The van der Waals surface area contributed by atoms with Crippen molar-refractivity contribution >= 4 is 17.5 Å². The molecule has 0 unspecified atom stereocenters. The van der Waals surface area contributed by atoms with E-state index in [0.717, 1.165) is 29.9 Å². The molecule has 7 heteroatoms. The fourth-order valence-electron chi connectivity index (χ4n) is 1.86. The SMILES string of the molecule is CC(=O)N(CC(=O)NC1CC1)c1ccc(C(F)(F)F)cc1. The van der Waals surface area contributed by atoms with E-state index in [-0.39, 0.29) is 24.2 Å². The number of carbonyl (C=O) groups excluding carboxylic acids is 2. The van der Waals surface area contributed by atoms with Gasteiger partial charge in [0, 0.05) is 18.7 Å². The minimum absolute atomic E-state index is 0.166. The van der Waals surface area contributed by atoms with E-state index in [9.17, 15) is 22.8 Å². The maximum absolute atomic E-state index is 12.5. The van der Waals surface area contributed by atoms with Crippen molar-refractivity contribution < 1.29 is 22.8 Å². The zero-order chi connectivity index (χ0) is 15.6. The molecule has 1 aromatic rings. The molecule has 1 fully saturated rings. The van der Waals surface area contributed by atoms with Crippen LogP contribution in [-0.2, 0) is 15.8 Å².